The van der Waals surface area contributed by atoms with Crippen LogP contribution in [0.3, 0.4) is 0 Å². The lowest BCUT2D eigenvalue weighted by atomic mass is 10.0. The van der Waals surface area contributed by atoms with E-state index in [0.717, 1.165) is 15.4 Å². The van der Waals surface area contributed by atoms with E-state index in [2.05, 4.69) is 5.32 Å². The average Bonchev–Trinajstić information content (AvgIpc) is 3.07. The van der Waals surface area contributed by atoms with Crippen LogP contribution in [0.25, 0.3) is 0 Å². The maximum Gasteiger partial charge on any atom is 0.264 e. The quantitative estimate of drug-likeness (QED) is 0.165. The number of carbonyl (C=O) groups is 2. The number of anilines is 1. The van der Waals surface area contributed by atoms with Gasteiger partial charge in [0.1, 0.15) is 12.6 Å². The lowest BCUT2D eigenvalue weighted by Crippen LogP contribution is -2.53. The molecule has 4 aromatic carbocycles. The number of benzene rings is 4. The summed E-state index contributed by atoms with van der Waals surface area (Å²) in [4.78, 5) is 29.8. The highest BCUT2D eigenvalue weighted by atomic mass is 35.5. The van der Waals surface area contributed by atoms with Gasteiger partial charge in [0.2, 0.25) is 11.8 Å². The van der Waals surface area contributed by atoms with E-state index in [9.17, 15) is 18.0 Å². The normalized spacial score (nSPS) is 11.8. The first-order chi connectivity index (χ1) is 22.6. The molecule has 0 saturated carbocycles. The van der Waals surface area contributed by atoms with Crippen molar-refractivity contribution in [3.05, 3.63) is 119 Å². The third kappa shape index (κ3) is 9.05. The predicted octanol–water partition coefficient (Wildman–Crippen LogP) is 6.03. The standard InChI is InChI=1S/C36H40ClN3O6S/c1-5-20-38-36(42)32(22-27-10-7-6-8-11-27)39(24-28-12-9-13-29(37)21-28)35(41)25-40(30-16-19-33(45-3)34(23-30)46-4)47(43,44)31-17-14-26(2)15-18-31/h6-19,21,23,32H,5,20,22,24-25H2,1-4H3,(H,38,42). The van der Waals surface area contributed by atoms with E-state index < -0.39 is 28.5 Å². The molecule has 4 rings (SSSR count). The Morgan fingerprint density at radius 2 is 1.53 bits per heavy atom. The molecule has 0 aliphatic rings. The van der Waals surface area contributed by atoms with Crippen LogP contribution in [-0.4, -0.2) is 58.5 Å². The zero-order valence-corrected chi connectivity index (χ0v) is 28.6. The van der Waals surface area contributed by atoms with Crippen LogP contribution in [0.5, 0.6) is 11.5 Å². The highest BCUT2D eigenvalue weighted by Crippen LogP contribution is 2.34. The first-order valence-corrected chi connectivity index (χ1v) is 17.1. The minimum atomic E-state index is -4.27. The van der Waals surface area contributed by atoms with Crippen molar-refractivity contribution in [2.24, 2.45) is 0 Å². The van der Waals surface area contributed by atoms with Crippen LogP contribution in [0.15, 0.2) is 102 Å². The monoisotopic (exact) mass is 677 g/mol. The second kappa shape index (κ2) is 16.3. The highest BCUT2D eigenvalue weighted by molar-refractivity contribution is 7.92. The van der Waals surface area contributed by atoms with Crippen molar-refractivity contribution in [1.82, 2.24) is 10.2 Å². The van der Waals surface area contributed by atoms with Crippen molar-refractivity contribution in [2.75, 3.05) is 31.6 Å². The van der Waals surface area contributed by atoms with Gasteiger partial charge in [0.15, 0.2) is 11.5 Å². The second-order valence-electron chi connectivity index (χ2n) is 11.0. The molecule has 1 atom stereocenters. The summed E-state index contributed by atoms with van der Waals surface area (Å²) in [5.41, 5.74) is 2.60. The number of carbonyl (C=O) groups excluding carboxylic acids is 2. The molecule has 4 aromatic rings. The number of hydrogen-bond donors (Lipinski definition) is 1. The zero-order chi connectivity index (χ0) is 34.0. The third-order valence-electron chi connectivity index (χ3n) is 7.61. The Kier molecular flexibility index (Phi) is 12.3. The molecule has 9 nitrogen and oxygen atoms in total. The molecule has 0 aliphatic heterocycles. The number of hydrogen-bond acceptors (Lipinski definition) is 6. The van der Waals surface area contributed by atoms with Gasteiger partial charge in [-0.05, 0) is 60.9 Å². The Bertz CT molecular complexity index is 1770. The maximum absolute atomic E-state index is 14.6. The van der Waals surface area contributed by atoms with E-state index in [1.807, 2.05) is 50.2 Å². The summed E-state index contributed by atoms with van der Waals surface area (Å²) < 4.78 is 40.4. The van der Waals surface area contributed by atoms with Gasteiger partial charge >= 0.3 is 0 Å². The van der Waals surface area contributed by atoms with Crippen LogP contribution in [-0.2, 0) is 32.6 Å². The van der Waals surface area contributed by atoms with Gasteiger partial charge in [0.25, 0.3) is 10.0 Å². The highest BCUT2D eigenvalue weighted by Gasteiger charge is 2.35. The fourth-order valence-electron chi connectivity index (χ4n) is 5.10. The molecule has 0 fully saturated rings. The van der Waals surface area contributed by atoms with E-state index in [-0.39, 0.29) is 29.5 Å². The Labute approximate surface area is 282 Å². The van der Waals surface area contributed by atoms with Crippen LogP contribution in [0, 0.1) is 6.92 Å². The van der Waals surface area contributed by atoms with Crippen molar-refractivity contribution >= 4 is 39.1 Å². The number of rotatable bonds is 15. The van der Waals surface area contributed by atoms with E-state index in [0.29, 0.717) is 35.1 Å². The van der Waals surface area contributed by atoms with Crippen molar-refractivity contribution in [2.45, 2.75) is 44.2 Å². The van der Waals surface area contributed by atoms with E-state index >= 15 is 0 Å². The maximum atomic E-state index is 14.6. The molecule has 0 spiro atoms. The Morgan fingerprint density at radius 1 is 0.851 bits per heavy atom. The number of aryl methyl sites for hydroxylation is 1. The molecule has 1 unspecified atom stereocenters. The number of halogens is 1. The predicted molar refractivity (Wildman–Crippen MR) is 184 cm³/mol. The first kappa shape index (κ1) is 35.3. The summed E-state index contributed by atoms with van der Waals surface area (Å²) in [6.45, 7) is 3.64. The van der Waals surface area contributed by atoms with Crippen LogP contribution >= 0.6 is 11.6 Å². The summed E-state index contributed by atoms with van der Waals surface area (Å²) in [6.07, 6.45) is 0.914. The summed E-state index contributed by atoms with van der Waals surface area (Å²) >= 11 is 6.31. The summed E-state index contributed by atoms with van der Waals surface area (Å²) in [7, 11) is -1.35. The third-order valence-corrected chi connectivity index (χ3v) is 9.63. The molecule has 0 bridgehead atoms. The average molecular weight is 678 g/mol. The molecule has 0 aromatic heterocycles. The molecule has 248 valence electrons. The van der Waals surface area contributed by atoms with Crippen molar-refractivity contribution in [3.8, 4) is 11.5 Å². The molecule has 0 aliphatic carbocycles. The fourth-order valence-corrected chi connectivity index (χ4v) is 6.72. The molecule has 11 heteroatoms. The molecule has 1 N–H and O–H groups in total. The Morgan fingerprint density at radius 3 is 2.17 bits per heavy atom. The molecular formula is C36H40ClN3O6S. The molecule has 0 saturated heterocycles. The fraction of sp³-hybridized carbons (Fsp3) is 0.278. The topological polar surface area (TPSA) is 105 Å². The Balaban J connectivity index is 1.84. The number of nitrogens with one attached hydrogen (secondary N) is 1. The van der Waals surface area contributed by atoms with Gasteiger partial charge in [-0.1, -0.05) is 78.7 Å². The van der Waals surface area contributed by atoms with Crippen molar-refractivity contribution < 1.29 is 27.5 Å². The molecule has 0 heterocycles. The first-order valence-electron chi connectivity index (χ1n) is 15.2. The van der Waals surface area contributed by atoms with Crippen LogP contribution in [0.1, 0.15) is 30.0 Å². The molecular weight excluding hydrogens is 638 g/mol. The number of amides is 2. The van der Waals surface area contributed by atoms with Crippen molar-refractivity contribution in [3.63, 3.8) is 0 Å². The van der Waals surface area contributed by atoms with E-state index in [1.54, 1.807) is 42.5 Å². The van der Waals surface area contributed by atoms with Crippen molar-refractivity contribution in [1.29, 1.82) is 0 Å². The van der Waals surface area contributed by atoms with Gasteiger partial charge in [-0.15, -0.1) is 0 Å². The molecule has 47 heavy (non-hydrogen) atoms. The van der Waals surface area contributed by atoms with Gasteiger partial charge in [0, 0.05) is 30.6 Å². The lowest BCUT2D eigenvalue weighted by Gasteiger charge is -2.34. The van der Waals surface area contributed by atoms with Crippen LogP contribution in [0.4, 0.5) is 5.69 Å². The van der Waals surface area contributed by atoms with Gasteiger partial charge < -0.3 is 19.7 Å². The lowest BCUT2D eigenvalue weighted by molar-refractivity contribution is -0.140. The minimum Gasteiger partial charge on any atom is -0.493 e. The van der Waals surface area contributed by atoms with Gasteiger partial charge in [-0.2, -0.15) is 0 Å². The minimum absolute atomic E-state index is 0.00796. The smallest absolute Gasteiger partial charge is 0.264 e. The van der Waals surface area contributed by atoms with Gasteiger partial charge in [-0.3, -0.25) is 13.9 Å². The number of nitrogens with zero attached hydrogens (tertiary/aromatic N) is 2. The van der Waals surface area contributed by atoms with Crippen LogP contribution < -0.4 is 19.1 Å². The van der Waals surface area contributed by atoms with Gasteiger partial charge in [-0.25, -0.2) is 8.42 Å². The Hall–Kier alpha value is -4.54. The zero-order valence-electron chi connectivity index (χ0n) is 27.0. The number of sulfonamides is 1. The summed E-state index contributed by atoms with van der Waals surface area (Å²) in [6, 6.07) is 26.5. The van der Waals surface area contributed by atoms with E-state index in [4.69, 9.17) is 21.1 Å². The number of ether oxygens (including phenoxy) is 2. The molecule has 2 amide bonds. The summed E-state index contributed by atoms with van der Waals surface area (Å²) in [5.74, 6) is -0.236. The largest absolute Gasteiger partial charge is 0.493 e. The van der Waals surface area contributed by atoms with E-state index in [1.165, 1.54) is 37.3 Å². The van der Waals surface area contributed by atoms with Crippen LogP contribution in [0.2, 0.25) is 5.02 Å². The van der Waals surface area contributed by atoms with Gasteiger partial charge in [0.05, 0.1) is 24.8 Å². The second-order valence-corrected chi connectivity index (χ2v) is 13.3. The molecule has 0 radical (unpaired) electrons. The SMILES string of the molecule is CCCNC(=O)C(Cc1ccccc1)N(Cc1cccc(Cl)c1)C(=O)CN(c1ccc(OC)c(OC)c1)S(=O)(=O)c1ccc(C)cc1. The summed E-state index contributed by atoms with van der Waals surface area (Å²) in [5, 5.41) is 3.41. The number of methoxy groups -OCH3 is 2.